The fraction of sp³-hybridized carbons (Fsp3) is 0.136. The van der Waals surface area contributed by atoms with Crippen LogP contribution in [0.3, 0.4) is 0 Å². The van der Waals surface area contributed by atoms with Crippen molar-refractivity contribution in [2.24, 2.45) is 5.10 Å². The molecule has 27 heavy (non-hydrogen) atoms. The van der Waals surface area contributed by atoms with Crippen LogP contribution >= 0.6 is 0 Å². The standard InChI is InChI=1S/C22H22N4O/c1-2-26(17-19-8-4-3-5-9-19)20-13-11-18(12-14-20)16-24-25-22(27)21-10-6-7-15-23-21/h3-16H,2,17H2,1H3,(H,25,27)/b24-16+. The van der Waals surface area contributed by atoms with E-state index in [1.54, 1.807) is 30.6 Å². The largest absolute Gasteiger partial charge is 0.367 e. The van der Waals surface area contributed by atoms with Gasteiger partial charge in [0.05, 0.1) is 6.21 Å². The van der Waals surface area contributed by atoms with Gasteiger partial charge in [0.25, 0.3) is 5.91 Å². The first kappa shape index (κ1) is 18.3. The Morgan fingerprint density at radius 1 is 1.04 bits per heavy atom. The predicted molar refractivity (Wildman–Crippen MR) is 109 cm³/mol. The van der Waals surface area contributed by atoms with Gasteiger partial charge >= 0.3 is 0 Å². The molecule has 1 heterocycles. The van der Waals surface area contributed by atoms with Crippen molar-refractivity contribution in [3.05, 3.63) is 95.8 Å². The molecule has 1 amide bonds. The van der Waals surface area contributed by atoms with Crippen LogP contribution < -0.4 is 10.3 Å². The third-order valence-electron chi connectivity index (χ3n) is 4.13. The van der Waals surface area contributed by atoms with Gasteiger partial charge in [0.15, 0.2) is 0 Å². The lowest BCUT2D eigenvalue weighted by molar-refractivity contribution is 0.0950. The Labute approximate surface area is 159 Å². The summed E-state index contributed by atoms with van der Waals surface area (Å²) in [7, 11) is 0. The van der Waals surface area contributed by atoms with E-state index in [0.29, 0.717) is 5.69 Å². The Bertz CT molecular complexity index is 877. The lowest BCUT2D eigenvalue weighted by Gasteiger charge is -2.23. The molecule has 0 bridgehead atoms. The molecule has 5 heteroatoms. The molecule has 2 aromatic carbocycles. The van der Waals surface area contributed by atoms with Gasteiger partial charge in [0.1, 0.15) is 5.69 Å². The Balaban J connectivity index is 1.60. The number of hydrazone groups is 1. The summed E-state index contributed by atoms with van der Waals surface area (Å²) in [5, 5.41) is 4.00. The van der Waals surface area contributed by atoms with Crippen LogP contribution in [0.5, 0.6) is 0 Å². The molecular formula is C22H22N4O. The highest BCUT2D eigenvalue weighted by Gasteiger charge is 2.06. The second-order valence-corrected chi connectivity index (χ2v) is 6.01. The zero-order chi connectivity index (χ0) is 18.9. The summed E-state index contributed by atoms with van der Waals surface area (Å²) in [5.41, 5.74) is 6.17. The molecular weight excluding hydrogens is 336 g/mol. The number of nitrogens with one attached hydrogen (secondary N) is 1. The maximum atomic E-state index is 11.9. The summed E-state index contributed by atoms with van der Waals surface area (Å²) >= 11 is 0. The molecule has 3 rings (SSSR count). The molecule has 0 fully saturated rings. The third-order valence-corrected chi connectivity index (χ3v) is 4.13. The van der Waals surface area contributed by atoms with Crippen molar-refractivity contribution in [2.45, 2.75) is 13.5 Å². The Kier molecular flexibility index (Phi) is 6.30. The second-order valence-electron chi connectivity index (χ2n) is 6.01. The van der Waals surface area contributed by atoms with Gasteiger partial charge in [-0.25, -0.2) is 5.43 Å². The van der Waals surface area contributed by atoms with Gasteiger partial charge in [-0.3, -0.25) is 9.78 Å². The molecule has 0 aliphatic rings. The van der Waals surface area contributed by atoms with E-state index < -0.39 is 0 Å². The van der Waals surface area contributed by atoms with Crippen LogP contribution in [0.1, 0.15) is 28.5 Å². The summed E-state index contributed by atoms with van der Waals surface area (Å²) < 4.78 is 0. The molecule has 0 radical (unpaired) electrons. The zero-order valence-electron chi connectivity index (χ0n) is 15.2. The van der Waals surface area contributed by atoms with Crippen LogP contribution in [0.25, 0.3) is 0 Å². The lowest BCUT2D eigenvalue weighted by atomic mass is 10.1. The van der Waals surface area contributed by atoms with E-state index >= 15 is 0 Å². The highest BCUT2D eigenvalue weighted by atomic mass is 16.2. The summed E-state index contributed by atoms with van der Waals surface area (Å²) in [6.07, 6.45) is 3.20. The first-order valence-corrected chi connectivity index (χ1v) is 8.89. The van der Waals surface area contributed by atoms with E-state index in [-0.39, 0.29) is 5.91 Å². The molecule has 0 saturated heterocycles. The van der Waals surface area contributed by atoms with Crippen molar-refractivity contribution in [1.29, 1.82) is 0 Å². The molecule has 0 unspecified atom stereocenters. The third kappa shape index (κ3) is 5.25. The maximum Gasteiger partial charge on any atom is 0.289 e. The van der Waals surface area contributed by atoms with E-state index in [9.17, 15) is 4.79 Å². The molecule has 0 spiro atoms. The van der Waals surface area contributed by atoms with Crippen LogP contribution in [0, 0.1) is 0 Å². The molecule has 0 saturated carbocycles. The number of hydrogen-bond donors (Lipinski definition) is 1. The van der Waals surface area contributed by atoms with Crippen LogP contribution in [-0.4, -0.2) is 23.7 Å². The van der Waals surface area contributed by atoms with E-state index in [4.69, 9.17) is 0 Å². The SMILES string of the molecule is CCN(Cc1ccccc1)c1ccc(/C=N/NC(=O)c2ccccn2)cc1. The lowest BCUT2D eigenvalue weighted by Crippen LogP contribution is -2.21. The van der Waals surface area contributed by atoms with E-state index in [0.717, 1.165) is 24.3 Å². The summed E-state index contributed by atoms with van der Waals surface area (Å²) in [6.45, 7) is 3.93. The number of rotatable bonds is 7. The van der Waals surface area contributed by atoms with E-state index in [1.165, 1.54) is 5.56 Å². The summed E-state index contributed by atoms with van der Waals surface area (Å²) in [5.74, 6) is -0.330. The number of hydrogen-bond acceptors (Lipinski definition) is 4. The number of benzene rings is 2. The molecule has 0 aliphatic carbocycles. The highest BCUT2D eigenvalue weighted by Crippen LogP contribution is 2.17. The minimum Gasteiger partial charge on any atom is -0.367 e. The minimum absolute atomic E-state index is 0.330. The monoisotopic (exact) mass is 358 g/mol. The fourth-order valence-electron chi connectivity index (χ4n) is 2.68. The van der Waals surface area contributed by atoms with Crippen molar-refractivity contribution in [3.8, 4) is 0 Å². The van der Waals surface area contributed by atoms with Crippen molar-refractivity contribution in [3.63, 3.8) is 0 Å². The highest BCUT2D eigenvalue weighted by molar-refractivity contribution is 5.93. The Hall–Kier alpha value is -3.47. The molecule has 5 nitrogen and oxygen atoms in total. The van der Waals surface area contributed by atoms with Gasteiger partial charge in [-0.2, -0.15) is 5.10 Å². The molecule has 0 atom stereocenters. The second kappa shape index (κ2) is 9.29. The van der Waals surface area contributed by atoms with Crippen molar-refractivity contribution in [1.82, 2.24) is 10.4 Å². The average molecular weight is 358 g/mol. The molecule has 1 N–H and O–H groups in total. The smallest absolute Gasteiger partial charge is 0.289 e. The number of carbonyl (C=O) groups is 1. The summed E-state index contributed by atoms with van der Waals surface area (Å²) in [4.78, 5) is 18.2. The number of pyridine rings is 1. The van der Waals surface area contributed by atoms with Gasteiger partial charge in [-0.05, 0) is 42.3 Å². The van der Waals surface area contributed by atoms with Crippen molar-refractivity contribution < 1.29 is 4.79 Å². The maximum absolute atomic E-state index is 11.9. The fourth-order valence-corrected chi connectivity index (χ4v) is 2.68. The van der Waals surface area contributed by atoms with Gasteiger partial charge in [-0.15, -0.1) is 0 Å². The zero-order valence-corrected chi connectivity index (χ0v) is 15.2. The van der Waals surface area contributed by atoms with Gasteiger partial charge < -0.3 is 4.90 Å². The van der Waals surface area contributed by atoms with Gasteiger partial charge in [0, 0.05) is 25.0 Å². The number of nitrogens with zero attached hydrogens (tertiary/aromatic N) is 3. The van der Waals surface area contributed by atoms with Gasteiger partial charge in [0.2, 0.25) is 0 Å². The predicted octanol–water partition coefficient (Wildman–Crippen LogP) is 3.87. The Morgan fingerprint density at radius 3 is 2.44 bits per heavy atom. The van der Waals surface area contributed by atoms with Crippen LogP contribution in [-0.2, 0) is 6.54 Å². The number of amides is 1. The minimum atomic E-state index is -0.330. The summed E-state index contributed by atoms with van der Waals surface area (Å²) in [6, 6.07) is 23.7. The van der Waals surface area contributed by atoms with Crippen molar-refractivity contribution in [2.75, 3.05) is 11.4 Å². The van der Waals surface area contributed by atoms with Crippen LogP contribution in [0.15, 0.2) is 84.1 Å². The number of anilines is 1. The molecule has 0 aliphatic heterocycles. The van der Waals surface area contributed by atoms with Crippen molar-refractivity contribution >= 4 is 17.8 Å². The molecule has 1 aromatic heterocycles. The molecule has 136 valence electrons. The Morgan fingerprint density at radius 2 is 1.78 bits per heavy atom. The van der Waals surface area contributed by atoms with Crippen LogP contribution in [0.2, 0.25) is 0 Å². The topological polar surface area (TPSA) is 57.6 Å². The quantitative estimate of drug-likeness (QED) is 0.515. The average Bonchev–Trinajstić information content (AvgIpc) is 2.74. The van der Waals surface area contributed by atoms with Gasteiger partial charge in [-0.1, -0.05) is 48.5 Å². The number of carbonyl (C=O) groups excluding carboxylic acids is 1. The first-order valence-electron chi connectivity index (χ1n) is 8.89. The van der Waals surface area contributed by atoms with Crippen LogP contribution in [0.4, 0.5) is 5.69 Å². The first-order chi connectivity index (χ1) is 13.3. The van der Waals surface area contributed by atoms with E-state index in [1.807, 2.05) is 18.2 Å². The molecule has 3 aromatic rings. The number of aromatic nitrogens is 1. The normalized spacial score (nSPS) is 10.7. The van der Waals surface area contributed by atoms with E-state index in [2.05, 4.69) is 63.7 Å².